The average Bonchev–Trinajstić information content (AvgIpc) is 3.87. The number of sulfone groups is 1. The molecule has 1 unspecified atom stereocenters. The topological polar surface area (TPSA) is 168 Å². The van der Waals surface area contributed by atoms with Crippen LogP contribution in [0.15, 0.2) is 95.4 Å². The normalized spacial score (nSPS) is 19.6. The van der Waals surface area contributed by atoms with Crippen LogP contribution in [0.4, 0.5) is 17.1 Å². The van der Waals surface area contributed by atoms with Gasteiger partial charge in [-0.25, -0.2) is 21.6 Å². The fourth-order valence-electron chi connectivity index (χ4n) is 8.85. The highest BCUT2D eigenvalue weighted by Gasteiger charge is 2.32. The van der Waals surface area contributed by atoms with Gasteiger partial charge in [-0.2, -0.15) is 0 Å². The van der Waals surface area contributed by atoms with Crippen molar-refractivity contribution in [1.82, 2.24) is 9.62 Å². The summed E-state index contributed by atoms with van der Waals surface area (Å²) in [7, 11) is -7.76. The van der Waals surface area contributed by atoms with Gasteiger partial charge in [0.1, 0.15) is 17.2 Å². The lowest BCUT2D eigenvalue weighted by Crippen LogP contribution is -2.47. The van der Waals surface area contributed by atoms with Crippen LogP contribution in [0, 0.1) is 21.4 Å². The zero-order valence-electron chi connectivity index (χ0n) is 34.7. The van der Waals surface area contributed by atoms with Crippen molar-refractivity contribution < 1.29 is 31.3 Å². The van der Waals surface area contributed by atoms with Gasteiger partial charge in [0, 0.05) is 67.7 Å². The van der Waals surface area contributed by atoms with Crippen LogP contribution in [0.3, 0.4) is 0 Å². The van der Waals surface area contributed by atoms with E-state index < -0.39 is 41.3 Å². The number of nitro groups is 1. The molecule has 1 amide bonds. The summed E-state index contributed by atoms with van der Waals surface area (Å²) in [6, 6.07) is 22.2. The predicted octanol–water partition coefficient (Wildman–Crippen LogP) is 8.36. The number of nitro benzene ring substituents is 1. The Hall–Kier alpha value is -5.22. The molecule has 62 heavy (non-hydrogen) atoms. The summed E-state index contributed by atoms with van der Waals surface area (Å²) in [5.41, 5.74) is 6.55. The Morgan fingerprint density at radius 2 is 1.77 bits per heavy atom. The number of benzene rings is 4. The number of fused-ring (bicyclic) bond motifs is 1. The largest absolute Gasteiger partial charge is 0.456 e. The highest BCUT2D eigenvalue weighted by Crippen LogP contribution is 2.44. The van der Waals surface area contributed by atoms with Gasteiger partial charge in [0.25, 0.3) is 21.6 Å². The number of hydrogen-bond donors (Lipinski definition) is 2. The Morgan fingerprint density at radius 3 is 2.50 bits per heavy atom. The second-order valence-electron chi connectivity index (χ2n) is 17.4. The number of ether oxygens (including phenoxy) is 1. The van der Waals surface area contributed by atoms with Crippen molar-refractivity contribution in [2.45, 2.75) is 50.8 Å². The number of nitrogens with zero attached hydrogens (tertiary/aromatic N) is 3. The van der Waals surface area contributed by atoms with E-state index in [0.717, 1.165) is 86.3 Å². The molecule has 2 aliphatic heterocycles. The highest BCUT2D eigenvalue weighted by molar-refractivity contribution is 7.91. The molecule has 0 radical (unpaired) electrons. The molecule has 0 bridgehead atoms. The monoisotopic (exact) mass is 899 g/mol. The first-order valence-electron chi connectivity index (χ1n) is 20.9. The molecule has 0 saturated carbocycles. The van der Waals surface area contributed by atoms with Gasteiger partial charge in [0.05, 0.1) is 26.9 Å². The molecular weight excluding hydrogens is 850 g/mol. The van der Waals surface area contributed by atoms with E-state index in [1.807, 2.05) is 36.4 Å². The Labute approximate surface area is 367 Å². The van der Waals surface area contributed by atoms with E-state index in [9.17, 15) is 31.7 Å². The lowest BCUT2D eigenvalue weighted by molar-refractivity contribution is -0.384. The third-order valence-electron chi connectivity index (χ3n) is 12.3. The van der Waals surface area contributed by atoms with Gasteiger partial charge in [-0.3, -0.25) is 19.8 Å². The molecule has 2 heterocycles. The zero-order chi connectivity index (χ0) is 43.8. The van der Waals surface area contributed by atoms with Crippen LogP contribution in [-0.4, -0.2) is 83.3 Å². The molecule has 4 aromatic rings. The number of allylic oxidation sites excluding steroid dienone is 2. The first kappa shape index (κ1) is 43.4. The fourth-order valence-corrected chi connectivity index (χ4v) is 11.8. The summed E-state index contributed by atoms with van der Waals surface area (Å²) in [5.74, 6) is -0.482. The van der Waals surface area contributed by atoms with E-state index in [2.05, 4.69) is 45.8 Å². The van der Waals surface area contributed by atoms with E-state index in [-0.39, 0.29) is 46.4 Å². The van der Waals surface area contributed by atoms with Crippen molar-refractivity contribution in [2.75, 3.05) is 61.0 Å². The zero-order valence-corrected chi connectivity index (χ0v) is 37.1. The van der Waals surface area contributed by atoms with E-state index in [0.29, 0.717) is 12.2 Å². The molecule has 4 aromatic carbocycles. The Kier molecular flexibility index (Phi) is 12.3. The molecule has 4 aliphatic rings. The molecule has 2 fully saturated rings. The number of halogens is 1. The number of hydrogen-bond acceptors (Lipinski definition) is 11. The number of sulfonamides is 1. The highest BCUT2D eigenvalue weighted by atomic mass is 35.5. The first-order valence-corrected chi connectivity index (χ1v) is 24.6. The van der Waals surface area contributed by atoms with Crippen LogP contribution < -0.4 is 19.7 Å². The smallest absolute Gasteiger partial charge is 0.293 e. The summed E-state index contributed by atoms with van der Waals surface area (Å²) in [6.45, 7) is 8.79. The maximum absolute atomic E-state index is 14.0. The van der Waals surface area contributed by atoms with Crippen molar-refractivity contribution in [3.05, 3.63) is 128 Å². The molecule has 326 valence electrons. The van der Waals surface area contributed by atoms with Crippen LogP contribution in [0.5, 0.6) is 11.5 Å². The number of carbonyl (C=O) groups excluding carboxylic acids is 1. The lowest BCUT2D eigenvalue weighted by atomic mass is 9.72. The maximum atomic E-state index is 14.0. The van der Waals surface area contributed by atoms with Gasteiger partial charge in [-0.15, -0.1) is 0 Å². The van der Waals surface area contributed by atoms with Gasteiger partial charge in [0.15, 0.2) is 9.84 Å². The van der Waals surface area contributed by atoms with Crippen molar-refractivity contribution in [1.29, 1.82) is 0 Å². The van der Waals surface area contributed by atoms with E-state index in [4.69, 9.17) is 16.3 Å². The number of carbonyl (C=O) groups is 1. The summed E-state index contributed by atoms with van der Waals surface area (Å²) < 4.78 is 59.7. The maximum Gasteiger partial charge on any atom is 0.293 e. The molecule has 2 saturated heterocycles. The number of rotatable bonds is 13. The van der Waals surface area contributed by atoms with Gasteiger partial charge < -0.3 is 15.0 Å². The Bertz CT molecular complexity index is 2690. The van der Waals surface area contributed by atoms with Crippen LogP contribution in [0.2, 0.25) is 5.02 Å². The van der Waals surface area contributed by atoms with E-state index >= 15 is 0 Å². The number of piperazine rings is 1. The number of amides is 1. The second kappa shape index (κ2) is 17.5. The van der Waals surface area contributed by atoms with Gasteiger partial charge in [-0.05, 0) is 103 Å². The van der Waals surface area contributed by atoms with Crippen LogP contribution in [0.25, 0.3) is 11.6 Å². The van der Waals surface area contributed by atoms with Gasteiger partial charge in [-0.1, -0.05) is 67.4 Å². The minimum Gasteiger partial charge on any atom is -0.456 e. The second-order valence-corrected chi connectivity index (χ2v) is 21.8. The molecular formula is C46H50ClN5O8S2. The van der Waals surface area contributed by atoms with Crippen molar-refractivity contribution in [3.63, 3.8) is 0 Å². The average molecular weight is 901 g/mol. The lowest BCUT2D eigenvalue weighted by Gasteiger charge is -2.39. The van der Waals surface area contributed by atoms with Crippen LogP contribution in [0.1, 0.15) is 66.6 Å². The molecule has 16 heteroatoms. The predicted molar refractivity (Wildman–Crippen MR) is 243 cm³/mol. The van der Waals surface area contributed by atoms with Crippen LogP contribution in [-0.2, 0) is 26.3 Å². The first-order chi connectivity index (χ1) is 29.5. The molecule has 8 rings (SSSR count). The summed E-state index contributed by atoms with van der Waals surface area (Å²) in [5, 5.41) is 15.7. The quantitative estimate of drug-likeness (QED) is 0.0978. The van der Waals surface area contributed by atoms with E-state index in [1.165, 1.54) is 28.8 Å². The van der Waals surface area contributed by atoms with Crippen molar-refractivity contribution >= 4 is 66.1 Å². The Balaban J connectivity index is 1.01. The summed E-state index contributed by atoms with van der Waals surface area (Å²) >= 11 is 6.24. The third kappa shape index (κ3) is 9.86. The van der Waals surface area contributed by atoms with Gasteiger partial charge >= 0.3 is 0 Å². The minimum absolute atomic E-state index is 0.0242. The van der Waals surface area contributed by atoms with Gasteiger partial charge in [0.2, 0.25) is 0 Å². The van der Waals surface area contributed by atoms with Crippen molar-refractivity contribution in [2.24, 2.45) is 11.3 Å². The third-order valence-corrected chi connectivity index (χ3v) is 15.8. The molecule has 1 atom stereocenters. The summed E-state index contributed by atoms with van der Waals surface area (Å²) in [4.78, 5) is 29.5. The number of anilines is 2. The Morgan fingerprint density at radius 1 is 1.00 bits per heavy atom. The summed E-state index contributed by atoms with van der Waals surface area (Å²) in [6.07, 6.45) is 8.33. The fraction of sp³-hybridized carbons (Fsp3) is 0.370. The van der Waals surface area contributed by atoms with Crippen LogP contribution >= 0.6 is 11.6 Å². The molecule has 13 nitrogen and oxygen atoms in total. The molecule has 2 aliphatic carbocycles. The number of nitrogens with one attached hydrogen (secondary N) is 2. The molecule has 0 aromatic heterocycles. The van der Waals surface area contributed by atoms with Crippen molar-refractivity contribution in [3.8, 4) is 11.5 Å². The standard InChI is InChI=1S/C46H50ClN5O8S2/c1-46(2)19-17-34(40(27-46)33-9-11-35(47)12-10-33)29-50-20-22-51(23-21-50)36-13-15-39(44(25-36)60-43-8-4-6-32-5-3-7-38(32)43)45(53)49-62(58,59)37-14-16-41(42(26-37)52(54)55)48-28-31-18-24-61(56,57)30-31/h3-4,6-16,25-26,31,48H,5,17-24,27-30H2,1-2H3,(H,49,53). The molecule has 0 spiro atoms. The van der Waals surface area contributed by atoms with E-state index in [1.54, 1.807) is 24.3 Å². The minimum atomic E-state index is -4.61. The SMILES string of the molecule is CC1(C)CCC(CN2CCN(c3ccc(C(=O)NS(=O)(=O)c4ccc(NCC5CCS(=O)(=O)C5)c([N+](=O)[O-])c4)c(Oc4cccc5c4C=CC5)c3)CC2)=C(c2ccc(Cl)cc2)C1. The molecule has 2 N–H and O–H groups in total.